The third-order valence-electron chi connectivity index (χ3n) is 4.20. The first-order chi connectivity index (χ1) is 13.0. The molecule has 136 valence electrons. The summed E-state index contributed by atoms with van der Waals surface area (Å²) < 4.78 is 37.9. The number of carbonyl (C=O) groups excluding carboxylic acids is 1. The second kappa shape index (κ2) is 6.55. The predicted molar refractivity (Wildman–Crippen MR) is 99.6 cm³/mol. The van der Waals surface area contributed by atoms with E-state index in [-0.39, 0.29) is 10.6 Å². The Hall–Kier alpha value is -3.12. The van der Waals surface area contributed by atoms with E-state index in [1.54, 1.807) is 12.1 Å². The maximum atomic E-state index is 13.5. The van der Waals surface area contributed by atoms with Crippen molar-refractivity contribution in [2.45, 2.75) is 0 Å². The SMILES string of the molecule is COc1cc2c(cc1NC(=O)c1cc(F)c(F)cc1Cl)oc1ccccc12. The molecule has 0 saturated carbocycles. The number of furan rings is 1. The number of hydrogen-bond donors (Lipinski definition) is 1. The van der Waals surface area contributed by atoms with Gasteiger partial charge in [-0.1, -0.05) is 29.8 Å². The largest absolute Gasteiger partial charge is 0.495 e. The van der Waals surface area contributed by atoms with Gasteiger partial charge in [-0.2, -0.15) is 0 Å². The highest BCUT2D eigenvalue weighted by Crippen LogP contribution is 2.36. The highest BCUT2D eigenvalue weighted by atomic mass is 35.5. The molecule has 0 saturated heterocycles. The first-order valence-corrected chi connectivity index (χ1v) is 8.31. The molecule has 27 heavy (non-hydrogen) atoms. The zero-order chi connectivity index (χ0) is 19.1. The van der Waals surface area contributed by atoms with E-state index in [1.165, 1.54) is 7.11 Å². The average molecular weight is 388 g/mol. The normalized spacial score (nSPS) is 11.1. The number of rotatable bonds is 3. The molecule has 0 aliphatic rings. The predicted octanol–water partition coefficient (Wildman–Crippen LogP) is 5.78. The van der Waals surface area contributed by atoms with Gasteiger partial charge in [0.25, 0.3) is 5.91 Å². The van der Waals surface area contributed by atoms with Crippen molar-refractivity contribution < 1.29 is 22.7 Å². The third kappa shape index (κ3) is 2.98. The van der Waals surface area contributed by atoms with Crippen molar-refractivity contribution in [3.8, 4) is 5.75 Å². The van der Waals surface area contributed by atoms with Gasteiger partial charge < -0.3 is 14.5 Å². The Kier molecular flexibility index (Phi) is 4.20. The summed E-state index contributed by atoms with van der Waals surface area (Å²) in [6, 6.07) is 12.4. The van der Waals surface area contributed by atoms with E-state index in [0.29, 0.717) is 22.6 Å². The van der Waals surface area contributed by atoms with Crippen LogP contribution in [0.5, 0.6) is 5.75 Å². The summed E-state index contributed by atoms with van der Waals surface area (Å²) in [4.78, 5) is 12.5. The van der Waals surface area contributed by atoms with Crippen molar-refractivity contribution in [2.75, 3.05) is 12.4 Å². The summed E-state index contributed by atoms with van der Waals surface area (Å²) in [5.41, 5.74) is 1.36. The summed E-state index contributed by atoms with van der Waals surface area (Å²) in [5.74, 6) is -2.60. The minimum absolute atomic E-state index is 0.192. The second-order valence-corrected chi connectivity index (χ2v) is 6.25. The molecule has 4 nitrogen and oxygen atoms in total. The number of para-hydroxylation sites is 1. The zero-order valence-electron chi connectivity index (χ0n) is 14.0. The van der Waals surface area contributed by atoms with Crippen LogP contribution in [0, 0.1) is 11.6 Å². The van der Waals surface area contributed by atoms with Crippen LogP contribution in [0.1, 0.15) is 10.4 Å². The number of methoxy groups -OCH3 is 1. The van der Waals surface area contributed by atoms with Crippen LogP contribution in [-0.4, -0.2) is 13.0 Å². The third-order valence-corrected chi connectivity index (χ3v) is 4.51. The van der Waals surface area contributed by atoms with E-state index in [4.69, 9.17) is 20.8 Å². The average Bonchev–Trinajstić information content (AvgIpc) is 3.01. The van der Waals surface area contributed by atoms with Crippen molar-refractivity contribution in [1.82, 2.24) is 0 Å². The first-order valence-electron chi connectivity index (χ1n) is 7.93. The van der Waals surface area contributed by atoms with Gasteiger partial charge in [0.15, 0.2) is 11.6 Å². The van der Waals surface area contributed by atoms with Gasteiger partial charge in [-0.15, -0.1) is 0 Å². The molecule has 0 fully saturated rings. The van der Waals surface area contributed by atoms with Crippen molar-refractivity contribution in [3.05, 3.63) is 70.8 Å². The molecule has 1 aromatic heterocycles. The monoisotopic (exact) mass is 387 g/mol. The Morgan fingerprint density at radius 1 is 1.04 bits per heavy atom. The Labute approximate surface area is 157 Å². The molecule has 0 unspecified atom stereocenters. The maximum absolute atomic E-state index is 13.5. The van der Waals surface area contributed by atoms with Crippen LogP contribution < -0.4 is 10.1 Å². The van der Waals surface area contributed by atoms with Crippen LogP contribution in [0.25, 0.3) is 21.9 Å². The van der Waals surface area contributed by atoms with Crippen LogP contribution in [-0.2, 0) is 0 Å². The molecular weight excluding hydrogens is 376 g/mol. The van der Waals surface area contributed by atoms with Crippen LogP contribution in [0.4, 0.5) is 14.5 Å². The fraction of sp³-hybridized carbons (Fsp3) is 0.0500. The number of fused-ring (bicyclic) bond motifs is 3. The number of anilines is 1. The van der Waals surface area contributed by atoms with E-state index >= 15 is 0 Å². The molecular formula is C20H12ClF2NO3. The summed E-state index contributed by atoms with van der Waals surface area (Å²) in [7, 11) is 1.46. The molecule has 7 heteroatoms. The molecule has 1 heterocycles. The zero-order valence-corrected chi connectivity index (χ0v) is 14.7. The summed E-state index contributed by atoms with van der Waals surface area (Å²) in [6.45, 7) is 0. The fourth-order valence-electron chi connectivity index (χ4n) is 2.90. The molecule has 0 bridgehead atoms. The van der Waals surface area contributed by atoms with E-state index < -0.39 is 17.5 Å². The lowest BCUT2D eigenvalue weighted by Gasteiger charge is -2.11. The number of carbonyl (C=O) groups is 1. The molecule has 3 aromatic carbocycles. The molecule has 4 aromatic rings. The summed E-state index contributed by atoms with van der Waals surface area (Å²) in [6.07, 6.45) is 0. The van der Waals surface area contributed by atoms with Gasteiger partial charge in [0.05, 0.1) is 23.4 Å². The van der Waals surface area contributed by atoms with Gasteiger partial charge in [0.1, 0.15) is 16.9 Å². The van der Waals surface area contributed by atoms with Crippen molar-refractivity contribution in [2.24, 2.45) is 0 Å². The number of ether oxygens (including phenoxy) is 1. The van der Waals surface area contributed by atoms with Crippen molar-refractivity contribution in [3.63, 3.8) is 0 Å². The van der Waals surface area contributed by atoms with Crippen molar-refractivity contribution in [1.29, 1.82) is 0 Å². The molecule has 1 amide bonds. The van der Waals surface area contributed by atoms with E-state index in [0.717, 1.165) is 22.9 Å². The Morgan fingerprint density at radius 3 is 2.56 bits per heavy atom. The minimum atomic E-state index is -1.16. The van der Waals surface area contributed by atoms with E-state index in [9.17, 15) is 13.6 Å². The van der Waals surface area contributed by atoms with Gasteiger partial charge >= 0.3 is 0 Å². The lowest BCUT2D eigenvalue weighted by molar-refractivity contribution is 0.102. The van der Waals surface area contributed by atoms with Gasteiger partial charge in [0, 0.05) is 16.8 Å². The molecule has 0 spiro atoms. The van der Waals surface area contributed by atoms with E-state index in [1.807, 2.05) is 24.3 Å². The second-order valence-electron chi connectivity index (χ2n) is 5.85. The van der Waals surface area contributed by atoms with Gasteiger partial charge in [0.2, 0.25) is 0 Å². The van der Waals surface area contributed by atoms with Crippen LogP contribution in [0.15, 0.2) is 52.9 Å². The van der Waals surface area contributed by atoms with Crippen LogP contribution in [0.2, 0.25) is 5.02 Å². The first kappa shape index (κ1) is 17.3. The molecule has 0 aliphatic carbocycles. The van der Waals surface area contributed by atoms with Gasteiger partial charge in [-0.25, -0.2) is 8.78 Å². The Balaban J connectivity index is 1.78. The number of amides is 1. The fourth-order valence-corrected chi connectivity index (χ4v) is 3.14. The quantitative estimate of drug-likeness (QED) is 0.453. The summed E-state index contributed by atoms with van der Waals surface area (Å²) >= 11 is 5.87. The van der Waals surface area contributed by atoms with Gasteiger partial charge in [-0.3, -0.25) is 4.79 Å². The summed E-state index contributed by atoms with van der Waals surface area (Å²) in [5, 5.41) is 4.14. The van der Waals surface area contributed by atoms with E-state index in [2.05, 4.69) is 5.32 Å². The number of halogens is 3. The van der Waals surface area contributed by atoms with Crippen LogP contribution in [0.3, 0.4) is 0 Å². The molecule has 0 radical (unpaired) electrons. The molecule has 1 N–H and O–H groups in total. The number of hydrogen-bond acceptors (Lipinski definition) is 3. The topological polar surface area (TPSA) is 51.5 Å². The molecule has 0 aliphatic heterocycles. The standard InChI is InChI=1S/C20H12ClF2NO3/c1-26-19-7-11-10-4-2-3-5-17(10)27-18(11)9-16(19)24-20(25)12-6-14(22)15(23)8-13(12)21/h2-9H,1H3,(H,24,25). The van der Waals surface area contributed by atoms with Gasteiger partial charge in [-0.05, 0) is 24.3 Å². The molecule has 4 rings (SSSR count). The highest BCUT2D eigenvalue weighted by molar-refractivity contribution is 6.34. The highest BCUT2D eigenvalue weighted by Gasteiger charge is 2.18. The Bertz CT molecular complexity index is 1200. The number of benzene rings is 3. The minimum Gasteiger partial charge on any atom is -0.495 e. The van der Waals surface area contributed by atoms with Crippen LogP contribution >= 0.6 is 11.6 Å². The smallest absolute Gasteiger partial charge is 0.257 e. The van der Waals surface area contributed by atoms with Crippen molar-refractivity contribution >= 4 is 45.1 Å². The lowest BCUT2D eigenvalue weighted by Crippen LogP contribution is -2.14. The molecule has 0 atom stereocenters. The lowest BCUT2D eigenvalue weighted by atomic mass is 10.1. The Morgan fingerprint density at radius 2 is 1.78 bits per heavy atom. The number of nitrogens with one attached hydrogen (secondary N) is 1. The maximum Gasteiger partial charge on any atom is 0.257 e.